The average Bonchev–Trinajstić information content (AvgIpc) is 3.31. The highest BCUT2D eigenvalue weighted by Crippen LogP contribution is 2.38. The fraction of sp³-hybridized carbons (Fsp3) is 0.400. The van der Waals surface area contributed by atoms with Crippen LogP contribution >= 0.6 is 11.6 Å². The zero-order valence-corrected chi connectivity index (χ0v) is 16.5. The lowest BCUT2D eigenvalue weighted by molar-refractivity contribution is 0.528. The van der Waals surface area contributed by atoms with Crippen molar-refractivity contribution < 1.29 is 0 Å². The number of aryl methyl sites for hydroxylation is 1. The van der Waals surface area contributed by atoms with Crippen LogP contribution in [0.25, 0.3) is 0 Å². The van der Waals surface area contributed by atoms with E-state index in [0.717, 1.165) is 49.0 Å². The Hall–Kier alpha value is -2.51. The Balaban J connectivity index is 1.43. The van der Waals surface area contributed by atoms with Gasteiger partial charge in [0.25, 0.3) is 0 Å². The Morgan fingerprint density at radius 2 is 1.96 bits per heavy atom. The van der Waals surface area contributed by atoms with Gasteiger partial charge in [-0.05, 0) is 36.5 Å². The number of nitrogens with two attached hydrogens (primary N) is 1. The molecule has 7 nitrogen and oxygen atoms in total. The first-order valence-electron chi connectivity index (χ1n) is 9.63. The SMILES string of the molecule is CC1CCc2ncnc(N3CCn4c(nnc4C(N)c4ccc(Cl)cc4)C3)c21. The van der Waals surface area contributed by atoms with E-state index in [2.05, 4.69) is 36.6 Å². The van der Waals surface area contributed by atoms with Crippen molar-refractivity contribution >= 4 is 17.4 Å². The zero-order valence-electron chi connectivity index (χ0n) is 15.7. The number of fused-ring (bicyclic) bond motifs is 2. The van der Waals surface area contributed by atoms with Crippen LogP contribution in [-0.4, -0.2) is 31.3 Å². The first-order valence-corrected chi connectivity index (χ1v) is 10.0. The van der Waals surface area contributed by atoms with Crippen LogP contribution in [0.3, 0.4) is 0 Å². The Morgan fingerprint density at radius 1 is 1.14 bits per heavy atom. The molecule has 2 aromatic heterocycles. The van der Waals surface area contributed by atoms with Crippen LogP contribution in [0, 0.1) is 0 Å². The molecule has 5 rings (SSSR count). The minimum Gasteiger partial charge on any atom is -0.347 e. The van der Waals surface area contributed by atoms with E-state index >= 15 is 0 Å². The molecule has 2 atom stereocenters. The maximum atomic E-state index is 6.47. The molecule has 8 heteroatoms. The Kier molecular flexibility index (Phi) is 4.29. The Morgan fingerprint density at radius 3 is 2.79 bits per heavy atom. The summed E-state index contributed by atoms with van der Waals surface area (Å²) in [4.78, 5) is 11.4. The zero-order chi connectivity index (χ0) is 19.3. The highest BCUT2D eigenvalue weighted by atomic mass is 35.5. The summed E-state index contributed by atoms with van der Waals surface area (Å²) in [6, 6.07) is 7.25. The first kappa shape index (κ1) is 17.6. The quantitative estimate of drug-likeness (QED) is 0.733. The normalized spacial score (nSPS) is 19.4. The van der Waals surface area contributed by atoms with Crippen LogP contribution in [0.15, 0.2) is 30.6 Å². The molecule has 0 fully saturated rings. The predicted molar refractivity (Wildman–Crippen MR) is 107 cm³/mol. The molecular weight excluding hydrogens is 374 g/mol. The molecule has 3 aromatic rings. The van der Waals surface area contributed by atoms with Gasteiger partial charge in [-0.1, -0.05) is 30.7 Å². The van der Waals surface area contributed by atoms with Gasteiger partial charge in [0.15, 0.2) is 11.6 Å². The van der Waals surface area contributed by atoms with Crippen molar-refractivity contribution in [2.45, 2.75) is 44.8 Å². The van der Waals surface area contributed by atoms with E-state index in [1.54, 1.807) is 6.33 Å². The molecule has 1 aromatic carbocycles. The number of nitrogens with zero attached hydrogens (tertiary/aromatic N) is 6. The molecule has 2 aliphatic rings. The van der Waals surface area contributed by atoms with E-state index in [-0.39, 0.29) is 6.04 Å². The van der Waals surface area contributed by atoms with Crippen molar-refractivity contribution in [1.29, 1.82) is 0 Å². The molecule has 0 radical (unpaired) electrons. The molecule has 0 spiro atoms. The second kappa shape index (κ2) is 6.83. The van der Waals surface area contributed by atoms with Gasteiger partial charge in [-0.3, -0.25) is 0 Å². The molecule has 28 heavy (non-hydrogen) atoms. The van der Waals surface area contributed by atoms with Gasteiger partial charge >= 0.3 is 0 Å². The maximum Gasteiger partial charge on any atom is 0.154 e. The standard InChI is InChI=1S/C20H22ClN7/c1-12-2-7-15-17(12)19(24-11-23-15)27-8-9-28-16(10-27)25-26-20(28)18(22)13-3-5-14(21)6-4-13/h3-6,11-12,18H,2,7-10,22H2,1H3. The van der Waals surface area contributed by atoms with Crippen LogP contribution in [0.4, 0.5) is 5.82 Å². The third kappa shape index (κ3) is 2.86. The molecule has 2 unspecified atom stereocenters. The summed E-state index contributed by atoms with van der Waals surface area (Å²) < 4.78 is 2.14. The topological polar surface area (TPSA) is 85.8 Å². The second-order valence-electron chi connectivity index (χ2n) is 7.57. The predicted octanol–water partition coefficient (Wildman–Crippen LogP) is 2.84. The van der Waals surface area contributed by atoms with Crippen molar-refractivity contribution in [3.8, 4) is 0 Å². The highest BCUT2D eigenvalue weighted by Gasteiger charge is 2.30. The van der Waals surface area contributed by atoms with Gasteiger partial charge in [-0.2, -0.15) is 0 Å². The van der Waals surface area contributed by atoms with Gasteiger partial charge in [0.2, 0.25) is 0 Å². The summed E-state index contributed by atoms with van der Waals surface area (Å²) in [5.74, 6) is 3.26. The van der Waals surface area contributed by atoms with Crippen molar-refractivity contribution in [2.24, 2.45) is 5.73 Å². The van der Waals surface area contributed by atoms with E-state index in [1.807, 2.05) is 24.3 Å². The third-order valence-corrected chi connectivity index (χ3v) is 6.09. The lowest BCUT2D eigenvalue weighted by atomic mass is 10.1. The van der Waals surface area contributed by atoms with Gasteiger partial charge < -0.3 is 15.2 Å². The highest BCUT2D eigenvalue weighted by molar-refractivity contribution is 6.30. The minimum atomic E-state index is -0.326. The number of benzene rings is 1. The maximum absolute atomic E-state index is 6.47. The van der Waals surface area contributed by atoms with E-state index in [0.29, 0.717) is 17.5 Å². The smallest absolute Gasteiger partial charge is 0.154 e. The fourth-order valence-corrected chi connectivity index (χ4v) is 4.41. The Labute approximate surface area is 168 Å². The number of aromatic nitrogens is 5. The van der Waals surface area contributed by atoms with Crippen LogP contribution in [0.5, 0.6) is 0 Å². The molecule has 0 amide bonds. The van der Waals surface area contributed by atoms with Crippen LogP contribution in [0.2, 0.25) is 5.02 Å². The first-order chi connectivity index (χ1) is 13.6. The number of hydrogen-bond acceptors (Lipinski definition) is 6. The van der Waals surface area contributed by atoms with Crippen molar-refractivity contribution in [1.82, 2.24) is 24.7 Å². The van der Waals surface area contributed by atoms with Crippen LogP contribution < -0.4 is 10.6 Å². The summed E-state index contributed by atoms with van der Waals surface area (Å²) in [5.41, 5.74) is 9.94. The summed E-state index contributed by atoms with van der Waals surface area (Å²) in [7, 11) is 0. The van der Waals surface area contributed by atoms with E-state index in [9.17, 15) is 0 Å². The van der Waals surface area contributed by atoms with Crippen molar-refractivity contribution in [2.75, 3.05) is 11.4 Å². The summed E-state index contributed by atoms with van der Waals surface area (Å²) >= 11 is 5.99. The molecular formula is C20H22ClN7. The van der Waals surface area contributed by atoms with Crippen molar-refractivity contribution in [3.05, 3.63) is 64.1 Å². The van der Waals surface area contributed by atoms with E-state index in [4.69, 9.17) is 17.3 Å². The fourth-order valence-electron chi connectivity index (χ4n) is 4.29. The number of anilines is 1. The van der Waals surface area contributed by atoms with E-state index < -0.39 is 0 Å². The molecule has 2 N–H and O–H groups in total. The molecule has 3 heterocycles. The van der Waals surface area contributed by atoms with E-state index in [1.165, 1.54) is 11.3 Å². The van der Waals surface area contributed by atoms with Crippen LogP contribution in [-0.2, 0) is 19.5 Å². The number of rotatable bonds is 3. The number of hydrogen-bond donors (Lipinski definition) is 1. The molecule has 1 aliphatic carbocycles. The van der Waals surface area contributed by atoms with Gasteiger partial charge in [-0.15, -0.1) is 10.2 Å². The lowest BCUT2D eigenvalue weighted by Crippen LogP contribution is -2.36. The second-order valence-corrected chi connectivity index (χ2v) is 8.01. The monoisotopic (exact) mass is 395 g/mol. The number of halogens is 1. The van der Waals surface area contributed by atoms with Crippen LogP contribution in [0.1, 0.15) is 53.8 Å². The molecule has 1 aliphatic heterocycles. The summed E-state index contributed by atoms with van der Waals surface area (Å²) in [5, 5.41) is 9.53. The molecule has 0 bridgehead atoms. The average molecular weight is 396 g/mol. The third-order valence-electron chi connectivity index (χ3n) is 5.84. The van der Waals surface area contributed by atoms with Gasteiger partial charge in [0.1, 0.15) is 12.1 Å². The van der Waals surface area contributed by atoms with Gasteiger partial charge in [0.05, 0.1) is 12.6 Å². The Bertz CT molecular complexity index is 1010. The molecule has 0 saturated heterocycles. The summed E-state index contributed by atoms with van der Waals surface area (Å²) in [6.07, 6.45) is 3.87. The molecule has 0 saturated carbocycles. The lowest BCUT2D eigenvalue weighted by Gasteiger charge is -2.31. The molecule has 144 valence electrons. The largest absolute Gasteiger partial charge is 0.347 e. The van der Waals surface area contributed by atoms with Gasteiger partial charge in [-0.25, -0.2) is 9.97 Å². The minimum absolute atomic E-state index is 0.326. The summed E-state index contributed by atoms with van der Waals surface area (Å²) in [6.45, 7) is 4.57. The van der Waals surface area contributed by atoms with Crippen molar-refractivity contribution in [3.63, 3.8) is 0 Å². The van der Waals surface area contributed by atoms with Gasteiger partial charge in [0, 0.05) is 29.4 Å².